The first kappa shape index (κ1) is 15.8. The molecule has 1 aromatic rings. The van der Waals surface area contributed by atoms with Crippen LogP contribution in [0.1, 0.15) is 18.9 Å². The van der Waals surface area contributed by atoms with Crippen molar-refractivity contribution in [3.63, 3.8) is 0 Å². The van der Waals surface area contributed by atoms with Crippen molar-refractivity contribution >= 4 is 23.2 Å². The van der Waals surface area contributed by atoms with Gasteiger partial charge in [-0.1, -0.05) is 42.3 Å². The van der Waals surface area contributed by atoms with Gasteiger partial charge in [-0.05, 0) is 45.1 Å². The van der Waals surface area contributed by atoms with Crippen LogP contribution in [-0.2, 0) is 6.42 Å². The molecule has 0 saturated carbocycles. The van der Waals surface area contributed by atoms with Gasteiger partial charge in [0.05, 0.1) is 10.0 Å². The molecule has 1 rings (SSSR count). The van der Waals surface area contributed by atoms with Crippen LogP contribution in [0, 0.1) is 0 Å². The molecule has 0 fully saturated rings. The van der Waals surface area contributed by atoms with Gasteiger partial charge in [0, 0.05) is 12.6 Å². The van der Waals surface area contributed by atoms with E-state index in [4.69, 9.17) is 23.2 Å². The van der Waals surface area contributed by atoms with Crippen molar-refractivity contribution in [3.8, 4) is 0 Å². The van der Waals surface area contributed by atoms with Crippen LogP contribution in [0.4, 0.5) is 0 Å². The molecular weight excluding hydrogens is 267 g/mol. The lowest BCUT2D eigenvalue weighted by atomic mass is 10.1. The number of hydrogen-bond acceptors (Lipinski definition) is 2. The fourth-order valence-electron chi connectivity index (χ4n) is 1.96. The van der Waals surface area contributed by atoms with Crippen molar-refractivity contribution in [2.24, 2.45) is 0 Å². The number of rotatable bonds is 7. The number of likely N-dealkylation sites (N-methyl/N-ethyl adjacent to an activating group) is 1. The van der Waals surface area contributed by atoms with Crippen molar-refractivity contribution < 1.29 is 0 Å². The highest BCUT2D eigenvalue weighted by molar-refractivity contribution is 6.42. The molecule has 0 aliphatic carbocycles. The minimum atomic E-state index is 0.399. The summed E-state index contributed by atoms with van der Waals surface area (Å²) in [5, 5.41) is 4.87. The van der Waals surface area contributed by atoms with Gasteiger partial charge in [-0.25, -0.2) is 0 Å². The molecule has 0 aromatic heterocycles. The van der Waals surface area contributed by atoms with E-state index in [2.05, 4.69) is 31.2 Å². The lowest BCUT2D eigenvalue weighted by Gasteiger charge is -2.23. The highest BCUT2D eigenvalue weighted by atomic mass is 35.5. The fraction of sp³-hybridized carbons (Fsp3) is 0.571. The van der Waals surface area contributed by atoms with Gasteiger partial charge in [0.15, 0.2) is 0 Å². The highest BCUT2D eigenvalue weighted by Crippen LogP contribution is 2.26. The zero-order valence-electron chi connectivity index (χ0n) is 11.3. The van der Waals surface area contributed by atoms with Crippen molar-refractivity contribution in [1.29, 1.82) is 0 Å². The number of halogens is 2. The molecule has 4 heteroatoms. The molecule has 1 atom stereocenters. The molecule has 1 N–H and O–H groups in total. The Bertz CT molecular complexity index is 367. The second-order valence-electron chi connectivity index (χ2n) is 4.83. The summed E-state index contributed by atoms with van der Waals surface area (Å²) in [6, 6.07) is 6.23. The van der Waals surface area contributed by atoms with E-state index in [9.17, 15) is 0 Å². The van der Waals surface area contributed by atoms with E-state index in [1.54, 1.807) is 0 Å². The standard InChI is InChI=1S/C14H22Cl2N2/c1-4-8-17-12(10-18(2)3)9-11-6-5-7-13(15)14(11)16/h5-7,12,17H,4,8-10H2,1-3H3. The summed E-state index contributed by atoms with van der Waals surface area (Å²) in [4.78, 5) is 2.19. The smallest absolute Gasteiger partial charge is 0.0624 e. The SMILES string of the molecule is CCCNC(Cc1cccc(Cl)c1Cl)CN(C)C. The van der Waals surface area contributed by atoms with Crippen molar-refractivity contribution in [1.82, 2.24) is 10.2 Å². The average molecular weight is 289 g/mol. The van der Waals surface area contributed by atoms with Crippen molar-refractivity contribution in [2.45, 2.75) is 25.8 Å². The molecule has 1 unspecified atom stereocenters. The normalized spacial score (nSPS) is 13.0. The van der Waals surface area contributed by atoms with Gasteiger partial charge in [-0.15, -0.1) is 0 Å². The first-order chi connectivity index (χ1) is 8.54. The predicted octanol–water partition coefficient (Wildman–Crippen LogP) is 3.47. The Labute approximate surface area is 120 Å². The lowest BCUT2D eigenvalue weighted by Crippen LogP contribution is -2.40. The summed E-state index contributed by atoms with van der Waals surface area (Å²) in [5.41, 5.74) is 1.11. The Morgan fingerprint density at radius 1 is 1.28 bits per heavy atom. The Morgan fingerprint density at radius 3 is 2.61 bits per heavy atom. The maximum absolute atomic E-state index is 6.23. The molecule has 0 spiro atoms. The maximum atomic E-state index is 6.23. The third kappa shape index (κ3) is 5.15. The van der Waals surface area contributed by atoms with E-state index in [-0.39, 0.29) is 0 Å². The molecule has 0 radical (unpaired) electrons. The second-order valence-corrected chi connectivity index (χ2v) is 5.62. The zero-order valence-corrected chi connectivity index (χ0v) is 12.9. The van der Waals surface area contributed by atoms with Crippen LogP contribution < -0.4 is 5.32 Å². The fourth-order valence-corrected chi connectivity index (χ4v) is 2.36. The summed E-state index contributed by atoms with van der Waals surface area (Å²) in [6.07, 6.45) is 2.03. The van der Waals surface area contributed by atoms with Crippen molar-refractivity contribution in [3.05, 3.63) is 33.8 Å². The third-order valence-electron chi connectivity index (χ3n) is 2.77. The summed E-state index contributed by atoms with van der Waals surface area (Å²) in [6.45, 7) is 4.19. The molecule has 2 nitrogen and oxygen atoms in total. The number of benzene rings is 1. The molecule has 1 aromatic carbocycles. The van der Waals surface area contributed by atoms with Gasteiger partial charge in [-0.3, -0.25) is 0 Å². The second kappa shape index (κ2) is 8.00. The summed E-state index contributed by atoms with van der Waals surface area (Å²) >= 11 is 12.3. The molecule has 102 valence electrons. The van der Waals surface area contributed by atoms with E-state index < -0.39 is 0 Å². The first-order valence-corrected chi connectivity index (χ1v) is 7.11. The van der Waals surface area contributed by atoms with Crippen LogP contribution in [0.3, 0.4) is 0 Å². The van der Waals surface area contributed by atoms with E-state index >= 15 is 0 Å². The number of nitrogens with zero attached hydrogens (tertiary/aromatic N) is 1. The van der Waals surface area contributed by atoms with Crippen LogP contribution in [0.25, 0.3) is 0 Å². The monoisotopic (exact) mass is 288 g/mol. The van der Waals surface area contributed by atoms with Crippen LogP contribution in [-0.4, -0.2) is 38.1 Å². The minimum Gasteiger partial charge on any atom is -0.312 e. The zero-order chi connectivity index (χ0) is 13.5. The molecule has 0 amide bonds. The van der Waals surface area contributed by atoms with Gasteiger partial charge >= 0.3 is 0 Å². The molecular formula is C14H22Cl2N2. The van der Waals surface area contributed by atoms with Gasteiger partial charge in [0.2, 0.25) is 0 Å². The molecule has 0 aliphatic heterocycles. The van der Waals surface area contributed by atoms with Gasteiger partial charge < -0.3 is 10.2 Å². The number of nitrogens with one attached hydrogen (secondary N) is 1. The van der Waals surface area contributed by atoms with Crippen LogP contribution in [0.5, 0.6) is 0 Å². The topological polar surface area (TPSA) is 15.3 Å². The van der Waals surface area contributed by atoms with Gasteiger partial charge in [-0.2, -0.15) is 0 Å². The van der Waals surface area contributed by atoms with E-state index in [0.29, 0.717) is 16.1 Å². The summed E-state index contributed by atoms with van der Waals surface area (Å²) in [5.74, 6) is 0. The summed E-state index contributed by atoms with van der Waals surface area (Å²) in [7, 11) is 4.17. The molecule has 18 heavy (non-hydrogen) atoms. The van der Waals surface area contributed by atoms with E-state index in [1.807, 2.05) is 18.2 Å². The Hall–Kier alpha value is -0.280. The largest absolute Gasteiger partial charge is 0.312 e. The van der Waals surface area contributed by atoms with Crippen molar-refractivity contribution in [2.75, 3.05) is 27.2 Å². The quantitative estimate of drug-likeness (QED) is 0.827. The van der Waals surface area contributed by atoms with Crippen LogP contribution >= 0.6 is 23.2 Å². The Morgan fingerprint density at radius 2 is 2.00 bits per heavy atom. The Kier molecular flexibility index (Phi) is 7.02. The average Bonchev–Trinajstić information content (AvgIpc) is 2.31. The molecule has 0 saturated heterocycles. The van der Waals surface area contributed by atoms with E-state index in [1.165, 1.54) is 0 Å². The lowest BCUT2D eigenvalue weighted by molar-refractivity contribution is 0.336. The first-order valence-electron chi connectivity index (χ1n) is 6.35. The Balaban J connectivity index is 2.72. The number of hydrogen-bond donors (Lipinski definition) is 1. The molecule has 0 heterocycles. The summed E-state index contributed by atoms with van der Waals surface area (Å²) < 4.78 is 0. The molecule has 0 bridgehead atoms. The van der Waals surface area contributed by atoms with Gasteiger partial charge in [0.1, 0.15) is 0 Å². The van der Waals surface area contributed by atoms with Crippen LogP contribution in [0.15, 0.2) is 18.2 Å². The predicted molar refractivity (Wildman–Crippen MR) is 80.8 cm³/mol. The van der Waals surface area contributed by atoms with Crippen LogP contribution in [0.2, 0.25) is 10.0 Å². The maximum Gasteiger partial charge on any atom is 0.0624 e. The third-order valence-corrected chi connectivity index (χ3v) is 3.62. The van der Waals surface area contributed by atoms with E-state index in [0.717, 1.165) is 31.5 Å². The van der Waals surface area contributed by atoms with Gasteiger partial charge in [0.25, 0.3) is 0 Å². The minimum absolute atomic E-state index is 0.399. The highest BCUT2D eigenvalue weighted by Gasteiger charge is 2.13. The molecule has 0 aliphatic rings.